The molecule has 0 aliphatic heterocycles. The molecule has 2 N–H and O–H groups in total. The second kappa shape index (κ2) is 8.73. The van der Waals surface area contributed by atoms with Crippen molar-refractivity contribution in [3.05, 3.63) is 131 Å². The van der Waals surface area contributed by atoms with Crippen LogP contribution < -0.4 is 0 Å². The third-order valence-electron chi connectivity index (χ3n) is 7.54. The summed E-state index contributed by atoms with van der Waals surface area (Å²) in [6, 6.07) is 39.9. The number of hydrogen-bond acceptors (Lipinski definition) is 0. The van der Waals surface area contributed by atoms with Gasteiger partial charge in [0.1, 0.15) is 0 Å². The van der Waals surface area contributed by atoms with Crippen LogP contribution in [0.5, 0.6) is 0 Å². The van der Waals surface area contributed by atoms with Crippen LogP contribution in [0.15, 0.2) is 109 Å². The SMILES string of the molecule is c1ccc(CCc2ccc3c(c2)[nH]c2cc4c(cc23)[nH]c2cc(CCc3ccccc3)ccc24)cc1. The van der Waals surface area contributed by atoms with E-state index >= 15 is 0 Å². The van der Waals surface area contributed by atoms with Gasteiger partial charge in [-0.2, -0.15) is 0 Å². The summed E-state index contributed by atoms with van der Waals surface area (Å²) in [5.74, 6) is 0. The smallest absolute Gasteiger partial charge is 0.0472 e. The summed E-state index contributed by atoms with van der Waals surface area (Å²) in [6.07, 6.45) is 4.23. The molecule has 0 bridgehead atoms. The number of H-pyrrole nitrogens is 2. The second-order valence-electron chi connectivity index (χ2n) is 9.92. The second-order valence-corrected chi connectivity index (χ2v) is 9.92. The number of benzene rings is 5. The van der Waals surface area contributed by atoms with E-state index in [0.717, 1.165) is 25.7 Å². The van der Waals surface area contributed by atoms with Crippen LogP contribution in [0.4, 0.5) is 0 Å². The maximum absolute atomic E-state index is 3.70. The number of aryl methyl sites for hydroxylation is 4. The Labute approximate surface area is 210 Å². The van der Waals surface area contributed by atoms with Crippen molar-refractivity contribution < 1.29 is 0 Å². The van der Waals surface area contributed by atoms with Gasteiger partial charge in [-0.05, 0) is 72.2 Å². The van der Waals surface area contributed by atoms with Crippen molar-refractivity contribution >= 4 is 43.6 Å². The minimum absolute atomic E-state index is 1.05. The quantitative estimate of drug-likeness (QED) is 0.247. The van der Waals surface area contributed by atoms with Crippen LogP contribution in [0, 0.1) is 0 Å². The summed E-state index contributed by atoms with van der Waals surface area (Å²) in [6.45, 7) is 0. The summed E-state index contributed by atoms with van der Waals surface area (Å²) in [7, 11) is 0. The van der Waals surface area contributed by atoms with Gasteiger partial charge in [-0.25, -0.2) is 0 Å². The highest BCUT2D eigenvalue weighted by Gasteiger charge is 2.11. The minimum Gasteiger partial charge on any atom is -0.354 e. The zero-order valence-electron chi connectivity index (χ0n) is 20.2. The standard InChI is InChI=1S/C34H28N2/c1-3-7-23(8-4-1)11-13-25-15-17-27-29-21-34-30(22-33(29)35-31(27)19-25)28-18-16-26(20-32(28)36-34)14-12-24-9-5-2-6-10-24/h1-10,15-22,35-36H,11-14H2. The monoisotopic (exact) mass is 464 g/mol. The molecule has 0 radical (unpaired) electrons. The first-order valence-electron chi connectivity index (χ1n) is 12.9. The van der Waals surface area contributed by atoms with E-state index in [1.54, 1.807) is 0 Å². The largest absolute Gasteiger partial charge is 0.354 e. The van der Waals surface area contributed by atoms with E-state index in [0.29, 0.717) is 0 Å². The van der Waals surface area contributed by atoms with Gasteiger partial charge in [0.05, 0.1) is 0 Å². The van der Waals surface area contributed by atoms with Crippen molar-refractivity contribution in [3.63, 3.8) is 0 Å². The molecule has 2 heterocycles. The van der Waals surface area contributed by atoms with Gasteiger partial charge in [0, 0.05) is 43.6 Å². The van der Waals surface area contributed by atoms with Gasteiger partial charge >= 0.3 is 0 Å². The zero-order valence-corrected chi connectivity index (χ0v) is 20.2. The van der Waals surface area contributed by atoms with Gasteiger partial charge in [-0.15, -0.1) is 0 Å². The molecule has 7 aromatic rings. The third-order valence-corrected chi connectivity index (χ3v) is 7.54. The lowest BCUT2D eigenvalue weighted by atomic mass is 10.0. The number of nitrogens with one attached hydrogen (secondary N) is 2. The predicted molar refractivity (Wildman–Crippen MR) is 153 cm³/mol. The molecule has 0 fully saturated rings. The van der Waals surface area contributed by atoms with Crippen molar-refractivity contribution in [3.8, 4) is 0 Å². The van der Waals surface area contributed by atoms with Crippen LogP contribution in [0.25, 0.3) is 43.6 Å². The van der Waals surface area contributed by atoms with Gasteiger partial charge in [0.2, 0.25) is 0 Å². The normalized spacial score (nSPS) is 11.8. The summed E-state index contributed by atoms with van der Waals surface area (Å²) in [4.78, 5) is 7.40. The maximum atomic E-state index is 3.70. The molecule has 174 valence electrons. The highest BCUT2D eigenvalue weighted by atomic mass is 14.7. The molecule has 0 unspecified atom stereocenters. The van der Waals surface area contributed by atoms with Gasteiger partial charge in [0.15, 0.2) is 0 Å². The Morgan fingerprint density at radius 1 is 0.333 bits per heavy atom. The van der Waals surface area contributed by atoms with Crippen LogP contribution >= 0.6 is 0 Å². The van der Waals surface area contributed by atoms with Crippen molar-refractivity contribution in [2.45, 2.75) is 25.7 Å². The molecule has 5 aromatic carbocycles. The molecule has 0 aliphatic rings. The van der Waals surface area contributed by atoms with E-state index < -0.39 is 0 Å². The molecule has 0 saturated carbocycles. The molecular formula is C34H28N2. The lowest BCUT2D eigenvalue weighted by Crippen LogP contribution is -1.90. The molecule has 36 heavy (non-hydrogen) atoms. The topological polar surface area (TPSA) is 31.6 Å². The first-order valence-corrected chi connectivity index (χ1v) is 12.9. The average molecular weight is 465 g/mol. The number of fused-ring (bicyclic) bond motifs is 6. The molecule has 0 atom stereocenters. The van der Waals surface area contributed by atoms with Crippen LogP contribution in [0.1, 0.15) is 22.3 Å². The predicted octanol–water partition coefficient (Wildman–Crippen LogP) is 8.53. The highest BCUT2D eigenvalue weighted by Crippen LogP contribution is 2.34. The van der Waals surface area contributed by atoms with Gasteiger partial charge in [0.25, 0.3) is 0 Å². The molecule has 2 heteroatoms. The fourth-order valence-electron chi connectivity index (χ4n) is 5.58. The van der Waals surface area contributed by atoms with Crippen LogP contribution in [0.2, 0.25) is 0 Å². The number of aromatic nitrogens is 2. The molecule has 2 aromatic heterocycles. The molecule has 2 nitrogen and oxygen atoms in total. The summed E-state index contributed by atoms with van der Waals surface area (Å²) >= 11 is 0. The molecule has 7 rings (SSSR count). The van der Waals surface area contributed by atoms with Crippen LogP contribution in [-0.4, -0.2) is 9.97 Å². The summed E-state index contributed by atoms with van der Waals surface area (Å²) < 4.78 is 0. The van der Waals surface area contributed by atoms with E-state index in [2.05, 4.69) is 119 Å². The molecule has 0 saturated heterocycles. The van der Waals surface area contributed by atoms with Crippen LogP contribution in [0.3, 0.4) is 0 Å². The van der Waals surface area contributed by atoms with E-state index in [4.69, 9.17) is 0 Å². The number of rotatable bonds is 6. The Kier molecular flexibility index (Phi) is 5.10. The maximum Gasteiger partial charge on any atom is 0.0472 e. The Morgan fingerprint density at radius 2 is 0.722 bits per heavy atom. The Balaban J connectivity index is 1.20. The minimum atomic E-state index is 1.05. The lowest BCUT2D eigenvalue weighted by molar-refractivity contribution is 0.962. The number of hydrogen-bond donors (Lipinski definition) is 2. The Morgan fingerprint density at radius 3 is 1.17 bits per heavy atom. The van der Waals surface area contributed by atoms with E-state index in [9.17, 15) is 0 Å². The molecule has 0 spiro atoms. The van der Waals surface area contributed by atoms with E-state index in [-0.39, 0.29) is 0 Å². The number of aromatic amines is 2. The zero-order chi connectivity index (χ0) is 23.9. The van der Waals surface area contributed by atoms with Gasteiger partial charge in [-0.1, -0.05) is 84.9 Å². The van der Waals surface area contributed by atoms with Crippen molar-refractivity contribution in [1.82, 2.24) is 9.97 Å². The lowest BCUT2D eigenvalue weighted by Gasteiger charge is -2.02. The molecular weight excluding hydrogens is 436 g/mol. The van der Waals surface area contributed by atoms with Gasteiger partial charge in [-0.3, -0.25) is 0 Å². The Hall–Kier alpha value is -4.30. The molecule has 0 amide bonds. The first kappa shape index (κ1) is 21.0. The van der Waals surface area contributed by atoms with E-state index in [1.807, 2.05) is 0 Å². The van der Waals surface area contributed by atoms with Gasteiger partial charge < -0.3 is 9.97 Å². The van der Waals surface area contributed by atoms with E-state index in [1.165, 1.54) is 65.9 Å². The third kappa shape index (κ3) is 3.85. The fraction of sp³-hybridized carbons (Fsp3) is 0.118. The summed E-state index contributed by atoms with van der Waals surface area (Å²) in [5.41, 5.74) is 10.4. The first-order chi connectivity index (χ1) is 17.8. The van der Waals surface area contributed by atoms with Crippen LogP contribution in [-0.2, 0) is 25.7 Å². The average Bonchev–Trinajstić information content (AvgIpc) is 3.46. The summed E-state index contributed by atoms with van der Waals surface area (Å²) in [5, 5.41) is 5.14. The highest BCUT2D eigenvalue weighted by molar-refractivity contribution is 6.17. The molecule has 0 aliphatic carbocycles. The van der Waals surface area contributed by atoms with Crippen molar-refractivity contribution in [2.75, 3.05) is 0 Å². The van der Waals surface area contributed by atoms with Crippen molar-refractivity contribution in [2.24, 2.45) is 0 Å². The van der Waals surface area contributed by atoms with Crippen molar-refractivity contribution in [1.29, 1.82) is 0 Å². The fourth-order valence-corrected chi connectivity index (χ4v) is 5.58. The Bertz CT molecular complexity index is 1680.